The largest absolute Gasteiger partial charge is 0.378 e. The van der Waals surface area contributed by atoms with Crippen LogP contribution in [0.15, 0.2) is 41.8 Å². The van der Waals surface area contributed by atoms with Gasteiger partial charge in [-0.2, -0.15) is 5.21 Å². The zero-order valence-corrected chi connectivity index (χ0v) is 11.2. The van der Waals surface area contributed by atoms with Crippen molar-refractivity contribution in [3.8, 4) is 11.4 Å². The number of hydrogen-bond acceptors (Lipinski definition) is 5. The minimum Gasteiger partial charge on any atom is -0.378 e. The number of H-pyrrole nitrogens is 1. The molecule has 0 fully saturated rings. The molecule has 0 amide bonds. The van der Waals surface area contributed by atoms with E-state index in [1.165, 1.54) is 4.88 Å². The van der Waals surface area contributed by atoms with Gasteiger partial charge in [-0.3, -0.25) is 0 Å². The number of nitrogens with one attached hydrogen (secondary N) is 2. The number of hydrogen-bond donors (Lipinski definition) is 2. The molecule has 0 aliphatic carbocycles. The molecule has 0 saturated heterocycles. The van der Waals surface area contributed by atoms with Crippen LogP contribution in [0.25, 0.3) is 11.4 Å². The minimum absolute atomic E-state index is 0.278. The van der Waals surface area contributed by atoms with Gasteiger partial charge in [-0.1, -0.05) is 18.2 Å². The summed E-state index contributed by atoms with van der Waals surface area (Å²) in [6.45, 7) is 2.15. The van der Waals surface area contributed by atoms with Crippen LogP contribution in [0.2, 0.25) is 0 Å². The maximum Gasteiger partial charge on any atom is 0.204 e. The van der Waals surface area contributed by atoms with Gasteiger partial charge in [0.05, 0.1) is 6.04 Å². The van der Waals surface area contributed by atoms with Crippen molar-refractivity contribution < 1.29 is 0 Å². The fourth-order valence-electron chi connectivity index (χ4n) is 1.89. The second-order valence-electron chi connectivity index (χ2n) is 4.20. The van der Waals surface area contributed by atoms with Gasteiger partial charge in [0.2, 0.25) is 5.82 Å². The quantitative estimate of drug-likeness (QED) is 0.765. The first kappa shape index (κ1) is 11.9. The Morgan fingerprint density at radius 1 is 1.26 bits per heavy atom. The summed E-state index contributed by atoms with van der Waals surface area (Å²) in [6.07, 6.45) is 0. The van der Waals surface area contributed by atoms with Gasteiger partial charge in [-0.05, 0) is 35.7 Å². The lowest BCUT2D eigenvalue weighted by Gasteiger charge is -2.14. The molecule has 6 heteroatoms. The fourth-order valence-corrected chi connectivity index (χ4v) is 2.63. The first-order valence-corrected chi connectivity index (χ1v) is 6.85. The van der Waals surface area contributed by atoms with Crippen molar-refractivity contribution in [2.45, 2.75) is 13.0 Å². The van der Waals surface area contributed by atoms with Gasteiger partial charge in [-0.15, -0.1) is 21.5 Å². The molecule has 1 atom stereocenters. The molecule has 0 spiro atoms. The summed E-state index contributed by atoms with van der Waals surface area (Å²) in [7, 11) is 0. The minimum atomic E-state index is 0.278. The van der Waals surface area contributed by atoms with Gasteiger partial charge in [0.1, 0.15) is 0 Å². The van der Waals surface area contributed by atoms with E-state index in [0.717, 1.165) is 11.3 Å². The van der Waals surface area contributed by atoms with Gasteiger partial charge in [0.15, 0.2) is 0 Å². The summed E-state index contributed by atoms with van der Waals surface area (Å²) in [5.74, 6) is 0.604. The Bertz CT molecular complexity index is 633. The molecule has 19 heavy (non-hydrogen) atoms. The number of aromatic amines is 1. The average Bonchev–Trinajstić information content (AvgIpc) is 3.13. The maximum atomic E-state index is 3.98. The van der Waals surface area contributed by atoms with Crippen LogP contribution in [0.3, 0.4) is 0 Å². The lowest BCUT2D eigenvalue weighted by Crippen LogP contribution is -2.04. The molecule has 0 radical (unpaired) electrons. The lowest BCUT2D eigenvalue weighted by molar-refractivity contribution is 0.881. The standard InChI is InChI=1S/C13H13N5S/c1-9(12-6-3-7-19-12)14-11-5-2-4-10(8-11)13-15-17-18-16-13/h2-9,14H,1H3,(H,15,16,17,18). The second-order valence-corrected chi connectivity index (χ2v) is 5.18. The Hall–Kier alpha value is -2.21. The first-order chi connectivity index (χ1) is 9.33. The molecule has 2 N–H and O–H groups in total. The normalized spacial score (nSPS) is 12.3. The zero-order chi connectivity index (χ0) is 13.1. The van der Waals surface area contributed by atoms with E-state index in [1.54, 1.807) is 11.3 Å². The van der Waals surface area contributed by atoms with E-state index in [4.69, 9.17) is 0 Å². The summed E-state index contributed by atoms with van der Waals surface area (Å²) in [5.41, 5.74) is 1.99. The summed E-state index contributed by atoms with van der Waals surface area (Å²) in [5, 5.41) is 19.6. The van der Waals surface area contributed by atoms with Gasteiger partial charge < -0.3 is 5.32 Å². The number of thiophene rings is 1. The van der Waals surface area contributed by atoms with Crippen LogP contribution < -0.4 is 5.32 Å². The van der Waals surface area contributed by atoms with E-state index in [2.05, 4.69) is 50.4 Å². The highest BCUT2D eigenvalue weighted by Crippen LogP contribution is 2.25. The summed E-state index contributed by atoms with van der Waals surface area (Å²) in [6, 6.07) is 12.5. The Morgan fingerprint density at radius 3 is 2.95 bits per heavy atom. The third-order valence-corrected chi connectivity index (χ3v) is 3.87. The van der Waals surface area contributed by atoms with E-state index >= 15 is 0 Å². The summed E-state index contributed by atoms with van der Waals surface area (Å²) < 4.78 is 0. The molecule has 96 valence electrons. The van der Waals surface area contributed by atoms with Crippen molar-refractivity contribution >= 4 is 17.0 Å². The highest BCUT2D eigenvalue weighted by molar-refractivity contribution is 7.10. The van der Waals surface area contributed by atoms with E-state index in [1.807, 2.05) is 24.3 Å². The SMILES string of the molecule is CC(Nc1cccc(-c2nn[nH]n2)c1)c1cccs1. The second kappa shape index (κ2) is 5.19. The number of aromatic nitrogens is 4. The van der Waals surface area contributed by atoms with Crippen LogP contribution in [-0.4, -0.2) is 20.6 Å². The Morgan fingerprint density at radius 2 is 2.21 bits per heavy atom. The summed E-state index contributed by atoms with van der Waals surface area (Å²) in [4.78, 5) is 1.31. The van der Waals surface area contributed by atoms with Crippen molar-refractivity contribution in [2.24, 2.45) is 0 Å². The molecule has 0 aliphatic heterocycles. The van der Waals surface area contributed by atoms with E-state index in [0.29, 0.717) is 5.82 Å². The van der Waals surface area contributed by atoms with Gasteiger partial charge in [0.25, 0.3) is 0 Å². The fraction of sp³-hybridized carbons (Fsp3) is 0.154. The molecule has 0 saturated carbocycles. The molecular formula is C13H13N5S. The van der Waals surface area contributed by atoms with Crippen molar-refractivity contribution in [1.82, 2.24) is 20.6 Å². The number of benzene rings is 1. The van der Waals surface area contributed by atoms with E-state index in [9.17, 15) is 0 Å². The maximum absolute atomic E-state index is 3.98. The third kappa shape index (κ3) is 2.63. The van der Waals surface area contributed by atoms with Crippen LogP contribution in [0, 0.1) is 0 Å². The van der Waals surface area contributed by atoms with Gasteiger partial charge in [0, 0.05) is 16.1 Å². The molecule has 2 aromatic heterocycles. The zero-order valence-electron chi connectivity index (χ0n) is 10.4. The molecule has 0 bridgehead atoms. The molecule has 1 aromatic carbocycles. The number of rotatable bonds is 4. The monoisotopic (exact) mass is 271 g/mol. The van der Waals surface area contributed by atoms with Crippen LogP contribution in [0.1, 0.15) is 17.8 Å². The summed E-state index contributed by atoms with van der Waals surface area (Å²) >= 11 is 1.75. The molecule has 5 nitrogen and oxygen atoms in total. The number of tetrazole rings is 1. The van der Waals surface area contributed by atoms with Crippen molar-refractivity contribution in [1.29, 1.82) is 0 Å². The molecular weight excluding hydrogens is 258 g/mol. The van der Waals surface area contributed by atoms with Gasteiger partial charge in [-0.25, -0.2) is 0 Å². The Balaban J connectivity index is 1.80. The first-order valence-electron chi connectivity index (χ1n) is 5.97. The van der Waals surface area contributed by atoms with Crippen molar-refractivity contribution in [3.63, 3.8) is 0 Å². The predicted octanol–water partition coefficient (Wildman–Crippen LogP) is 3.10. The van der Waals surface area contributed by atoms with Crippen LogP contribution in [-0.2, 0) is 0 Å². The molecule has 2 heterocycles. The highest BCUT2D eigenvalue weighted by atomic mass is 32.1. The number of anilines is 1. The predicted molar refractivity (Wildman–Crippen MR) is 76.0 cm³/mol. The molecule has 3 aromatic rings. The molecule has 3 rings (SSSR count). The lowest BCUT2D eigenvalue weighted by atomic mass is 10.1. The number of nitrogens with zero attached hydrogens (tertiary/aromatic N) is 3. The highest BCUT2D eigenvalue weighted by Gasteiger charge is 2.08. The van der Waals surface area contributed by atoms with E-state index in [-0.39, 0.29) is 6.04 Å². The van der Waals surface area contributed by atoms with Crippen LogP contribution >= 0.6 is 11.3 Å². The Labute approximate surface area is 114 Å². The van der Waals surface area contributed by atoms with Crippen LogP contribution in [0.5, 0.6) is 0 Å². The Kier molecular flexibility index (Phi) is 3.24. The van der Waals surface area contributed by atoms with Crippen molar-refractivity contribution in [3.05, 3.63) is 46.7 Å². The van der Waals surface area contributed by atoms with Crippen LogP contribution in [0.4, 0.5) is 5.69 Å². The smallest absolute Gasteiger partial charge is 0.204 e. The van der Waals surface area contributed by atoms with Crippen molar-refractivity contribution in [2.75, 3.05) is 5.32 Å². The van der Waals surface area contributed by atoms with E-state index < -0.39 is 0 Å². The van der Waals surface area contributed by atoms with Gasteiger partial charge >= 0.3 is 0 Å². The third-order valence-electron chi connectivity index (χ3n) is 2.82. The molecule has 0 aliphatic rings. The molecule has 1 unspecified atom stereocenters. The topological polar surface area (TPSA) is 66.5 Å². The average molecular weight is 271 g/mol.